The number of benzene rings is 2. The molecular weight excluding hydrogens is 495 g/mol. The van der Waals surface area contributed by atoms with E-state index in [1.807, 2.05) is 12.3 Å². The number of Topliss-reactive ketones (excluding diaryl/α,β-unsaturated/α-hetero) is 1. The quantitative estimate of drug-likeness (QED) is 0.149. The van der Waals surface area contributed by atoms with Gasteiger partial charge >= 0.3 is 35.5 Å². The van der Waals surface area contributed by atoms with Crippen molar-refractivity contribution in [3.8, 4) is 0 Å². The monoisotopic (exact) mass is 514 g/mol. The fourth-order valence-electron chi connectivity index (χ4n) is 3.51. The first-order valence-corrected chi connectivity index (χ1v) is 12.0. The van der Waals surface area contributed by atoms with Gasteiger partial charge in [-0.2, -0.15) is 8.75 Å². The SMILES string of the molecule is CCOC(=O)c1ccc(CC(C(=O)c2cc(C)cs2)=C(C(=O)[O-])c2ccc3nsnc3c2)cc1.[Na+]. The molecule has 0 saturated carbocycles. The Morgan fingerprint density at radius 3 is 2.29 bits per heavy atom. The number of thiophene rings is 1. The van der Waals surface area contributed by atoms with E-state index >= 15 is 0 Å². The molecule has 172 valence electrons. The van der Waals surface area contributed by atoms with Crippen molar-refractivity contribution >= 4 is 57.4 Å². The molecule has 2 aromatic carbocycles. The van der Waals surface area contributed by atoms with Crippen LogP contribution in [0.15, 0.2) is 59.5 Å². The molecule has 0 bridgehead atoms. The molecule has 0 spiro atoms. The number of esters is 1. The molecule has 2 aromatic heterocycles. The molecule has 0 amide bonds. The predicted octanol–water partition coefficient (Wildman–Crippen LogP) is 0.871. The summed E-state index contributed by atoms with van der Waals surface area (Å²) in [5.41, 5.74) is 3.35. The summed E-state index contributed by atoms with van der Waals surface area (Å²) < 4.78 is 13.3. The van der Waals surface area contributed by atoms with Crippen LogP contribution in [0.25, 0.3) is 16.6 Å². The number of ether oxygens (including phenoxy) is 1. The normalized spacial score (nSPS) is 11.5. The maximum absolute atomic E-state index is 13.5. The standard InChI is InChI=1S/C25H20N2O5S2.Na/c1-3-32-25(31)16-6-4-15(5-7-16)11-18(23(28)21-10-14(2)13-33-21)22(24(29)30)17-8-9-19-20(12-17)27-34-26-19;/h4-10,12-13H,3,11H2,1-2H3,(H,29,30);/q;+1/p-1. The van der Waals surface area contributed by atoms with Crippen LogP contribution in [0.5, 0.6) is 0 Å². The van der Waals surface area contributed by atoms with Crippen LogP contribution in [0.2, 0.25) is 0 Å². The van der Waals surface area contributed by atoms with E-state index in [2.05, 4.69) is 8.75 Å². The van der Waals surface area contributed by atoms with Gasteiger partial charge in [-0.25, -0.2) is 4.79 Å². The van der Waals surface area contributed by atoms with Gasteiger partial charge in [-0.1, -0.05) is 18.2 Å². The van der Waals surface area contributed by atoms with E-state index in [1.54, 1.807) is 55.5 Å². The number of rotatable bonds is 8. The van der Waals surface area contributed by atoms with E-state index in [-0.39, 0.29) is 59.5 Å². The summed E-state index contributed by atoms with van der Waals surface area (Å²) in [5.74, 6) is -2.29. The van der Waals surface area contributed by atoms with Crippen LogP contribution in [0, 0.1) is 6.92 Å². The number of carboxylic acid groups (broad SMARTS) is 1. The Morgan fingerprint density at radius 1 is 0.971 bits per heavy atom. The van der Waals surface area contributed by atoms with Gasteiger partial charge in [-0.15, -0.1) is 11.3 Å². The van der Waals surface area contributed by atoms with E-state index in [9.17, 15) is 19.5 Å². The Labute approximate surface area is 232 Å². The number of fused-ring (bicyclic) bond motifs is 1. The molecule has 0 aliphatic rings. The molecule has 0 unspecified atom stereocenters. The fourth-order valence-corrected chi connectivity index (χ4v) is 4.89. The molecule has 0 N–H and O–H groups in total. The molecule has 0 saturated heterocycles. The molecule has 0 aliphatic heterocycles. The minimum absolute atomic E-state index is 0. The number of allylic oxidation sites excluding steroid dienone is 1. The second-order valence-corrected chi connectivity index (χ2v) is 8.96. The van der Waals surface area contributed by atoms with Gasteiger partial charge in [-0.05, 0) is 66.2 Å². The predicted molar refractivity (Wildman–Crippen MR) is 129 cm³/mol. The van der Waals surface area contributed by atoms with Crippen LogP contribution in [0.4, 0.5) is 0 Å². The molecule has 0 radical (unpaired) electrons. The van der Waals surface area contributed by atoms with Gasteiger partial charge in [0.25, 0.3) is 0 Å². The van der Waals surface area contributed by atoms with Crippen LogP contribution in [0.3, 0.4) is 0 Å². The second-order valence-electron chi connectivity index (χ2n) is 7.52. The third kappa shape index (κ3) is 6.12. The van der Waals surface area contributed by atoms with Crippen molar-refractivity contribution in [1.82, 2.24) is 8.75 Å². The molecular formula is C25H19N2NaO5S2. The van der Waals surface area contributed by atoms with Gasteiger partial charge in [0.15, 0.2) is 5.78 Å². The topological polar surface area (TPSA) is 109 Å². The van der Waals surface area contributed by atoms with E-state index in [1.165, 1.54) is 11.3 Å². The summed E-state index contributed by atoms with van der Waals surface area (Å²) in [4.78, 5) is 38.3. The number of aliphatic carboxylic acids is 1. The average Bonchev–Trinajstić information content (AvgIpc) is 3.47. The summed E-state index contributed by atoms with van der Waals surface area (Å²) in [7, 11) is 0. The van der Waals surface area contributed by atoms with Crippen molar-refractivity contribution < 1.29 is 53.8 Å². The van der Waals surface area contributed by atoms with Crippen LogP contribution in [-0.4, -0.2) is 33.1 Å². The second kappa shape index (κ2) is 11.8. The fraction of sp³-hybridized carbons (Fsp3) is 0.160. The average molecular weight is 515 g/mol. The minimum atomic E-state index is -1.46. The molecule has 10 heteroatoms. The van der Waals surface area contributed by atoms with Gasteiger partial charge in [0, 0.05) is 17.6 Å². The molecule has 0 atom stereocenters. The summed E-state index contributed by atoms with van der Waals surface area (Å²) in [5, 5.41) is 14.2. The van der Waals surface area contributed by atoms with Crippen LogP contribution in [0.1, 0.15) is 43.6 Å². The van der Waals surface area contributed by atoms with Crippen molar-refractivity contribution in [1.29, 1.82) is 0 Å². The third-order valence-corrected chi connectivity index (χ3v) is 6.73. The number of carboxylic acids is 1. The maximum atomic E-state index is 13.5. The molecule has 2 heterocycles. The third-order valence-electron chi connectivity index (χ3n) is 5.12. The molecule has 0 aliphatic carbocycles. The number of ketones is 1. The zero-order valence-electron chi connectivity index (χ0n) is 19.4. The summed E-state index contributed by atoms with van der Waals surface area (Å²) >= 11 is 2.28. The Kier molecular flexibility index (Phi) is 9.09. The minimum Gasteiger partial charge on any atom is -0.545 e. The summed E-state index contributed by atoms with van der Waals surface area (Å²) in [6.07, 6.45) is 0.0373. The number of carbonyl (C=O) groups excluding carboxylic acids is 3. The summed E-state index contributed by atoms with van der Waals surface area (Å²) in [6.45, 7) is 3.85. The largest absolute Gasteiger partial charge is 1.00 e. The van der Waals surface area contributed by atoms with Gasteiger partial charge in [0.1, 0.15) is 11.0 Å². The number of hydrogen-bond donors (Lipinski definition) is 0. The first-order valence-electron chi connectivity index (χ1n) is 10.4. The van der Waals surface area contributed by atoms with Gasteiger partial charge in [0.05, 0.1) is 34.7 Å². The summed E-state index contributed by atoms with van der Waals surface area (Å²) in [6, 6.07) is 13.2. The van der Waals surface area contributed by atoms with Crippen molar-refractivity contribution in [3.05, 3.63) is 86.6 Å². The molecule has 35 heavy (non-hydrogen) atoms. The molecule has 7 nitrogen and oxygen atoms in total. The van der Waals surface area contributed by atoms with Crippen molar-refractivity contribution in [2.75, 3.05) is 6.61 Å². The number of hydrogen-bond acceptors (Lipinski definition) is 9. The molecule has 0 fully saturated rings. The Morgan fingerprint density at radius 2 is 1.66 bits per heavy atom. The van der Waals surface area contributed by atoms with Crippen molar-refractivity contribution in [2.24, 2.45) is 0 Å². The number of aryl methyl sites for hydroxylation is 1. The smallest absolute Gasteiger partial charge is 0.545 e. The zero-order chi connectivity index (χ0) is 24.2. The molecule has 4 rings (SSSR count). The molecule has 4 aromatic rings. The van der Waals surface area contributed by atoms with Gasteiger partial charge in [0.2, 0.25) is 0 Å². The Hall–Kier alpha value is -2.69. The van der Waals surface area contributed by atoms with Crippen LogP contribution < -0.4 is 34.7 Å². The van der Waals surface area contributed by atoms with E-state index < -0.39 is 11.9 Å². The van der Waals surface area contributed by atoms with E-state index in [0.717, 1.165) is 17.3 Å². The van der Waals surface area contributed by atoms with Crippen LogP contribution >= 0.6 is 23.1 Å². The Bertz CT molecular complexity index is 1420. The van der Waals surface area contributed by atoms with Gasteiger partial charge < -0.3 is 14.6 Å². The number of nitrogens with zero attached hydrogens (tertiary/aromatic N) is 2. The zero-order valence-corrected chi connectivity index (χ0v) is 23.0. The maximum Gasteiger partial charge on any atom is 1.00 e. The van der Waals surface area contributed by atoms with E-state index in [4.69, 9.17) is 4.74 Å². The van der Waals surface area contributed by atoms with Crippen molar-refractivity contribution in [2.45, 2.75) is 20.3 Å². The van der Waals surface area contributed by atoms with Crippen LogP contribution in [-0.2, 0) is 16.0 Å². The van der Waals surface area contributed by atoms with Gasteiger partial charge in [-0.3, -0.25) is 4.79 Å². The first-order chi connectivity index (χ1) is 16.4. The number of aromatic nitrogens is 2. The Balaban J connectivity index is 0.00000342. The van der Waals surface area contributed by atoms with Crippen molar-refractivity contribution in [3.63, 3.8) is 0 Å². The van der Waals surface area contributed by atoms with E-state index in [0.29, 0.717) is 32.6 Å². The number of carbonyl (C=O) groups is 3. The first kappa shape index (κ1) is 26.9.